The van der Waals surface area contributed by atoms with Gasteiger partial charge in [-0.2, -0.15) is 8.42 Å². The van der Waals surface area contributed by atoms with Gasteiger partial charge in [0.25, 0.3) is 10.1 Å². The number of hydrogen-bond donors (Lipinski definition) is 1. The Balaban J connectivity index is 0.000000199. The molecule has 0 aliphatic heterocycles. The van der Waals surface area contributed by atoms with Gasteiger partial charge in [-0.3, -0.25) is 4.55 Å². The lowest BCUT2D eigenvalue weighted by Gasteiger charge is -2.30. The third kappa shape index (κ3) is 6.86. The summed E-state index contributed by atoms with van der Waals surface area (Å²) >= 11 is 0. The zero-order valence-corrected chi connectivity index (χ0v) is 19.6. The standard InChI is InChI=1S/C18H27S.C7H8O3S/c1-4-10-16(11-5-1)19(17-12-6-2-7-13-17)18-14-8-3-9-15-18;1-6-2-4-7(5-3-6)11(8,9)10/h1,4-5,10-11,17-18H,2-3,6-9,12-15H2;2-5H,1H3,(H,8,9,10)/q+1;. The Morgan fingerprint density at radius 2 is 1.20 bits per heavy atom. The molecule has 2 aromatic rings. The lowest BCUT2D eigenvalue weighted by Crippen LogP contribution is -2.35. The van der Waals surface area contributed by atoms with Crippen molar-refractivity contribution in [3.05, 3.63) is 60.2 Å². The highest BCUT2D eigenvalue weighted by molar-refractivity contribution is 7.98. The van der Waals surface area contributed by atoms with Crippen molar-refractivity contribution in [3.63, 3.8) is 0 Å². The van der Waals surface area contributed by atoms with Crippen molar-refractivity contribution in [2.75, 3.05) is 0 Å². The Morgan fingerprint density at radius 3 is 1.63 bits per heavy atom. The van der Waals surface area contributed by atoms with Gasteiger partial charge < -0.3 is 0 Å². The first kappa shape index (κ1) is 23.4. The normalized spacial score (nSPS) is 18.6. The maximum atomic E-state index is 10.5. The lowest BCUT2D eigenvalue weighted by molar-refractivity contribution is 0.483. The maximum Gasteiger partial charge on any atom is 0.294 e. The smallest absolute Gasteiger partial charge is 0.282 e. The molecule has 4 rings (SSSR count). The Bertz CT molecular complexity index is 833. The van der Waals surface area contributed by atoms with Gasteiger partial charge in [0.2, 0.25) is 0 Å². The van der Waals surface area contributed by atoms with Crippen molar-refractivity contribution in [1.82, 2.24) is 0 Å². The molecule has 1 N–H and O–H groups in total. The topological polar surface area (TPSA) is 54.4 Å². The van der Waals surface area contributed by atoms with Crippen LogP contribution in [0.2, 0.25) is 0 Å². The average Bonchev–Trinajstić information content (AvgIpc) is 2.76. The van der Waals surface area contributed by atoms with Gasteiger partial charge in [0.15, 0.2) is 4.90 Å². The molecule has 3 nitrogen and oxygen atoms in total. The molecule has 0 spiro atoms. The summed E-state index contributed by atoms with van der Waals surface area (Å²) in [5.41, 5.74) is 0.956. The number of hydrogen-bond acceptors (Lipinski definition) is 2. The molecule has 164 valence electrons. The van der Waals surface area contributed by atoms with E-state index < -0.39 is 10.1 Å². The van der Waals surface area contributed by atoms with Gasteiger partial charge in [-0.1, -0.05) is 48.7 Å². The zero-order valence-electron chi connectivity index (χ0n) is 18.0. The Hall–Kier alpha value is -1.30. The molecule has 2 fully saturated rings. The van der Waals surface area contributed by atoms with E-state index in [-0.39, 0.29) is 4.90 Å². The molecule has 2 aliphatic rings. The average molecular weight is 448 g/mol. The van der Waals surface area contributed by atoms with Crippen LogP contribution in [0.15, 0.2) is 64.4 Å². The molecule has 0 bridgehead atoms. The first-order valence-corrected chi connectivity index (χ1v) is 14.1. The summed E-state index contributed by atoms with van der Waals surface area (Å²) in [6, 6.07) is 17.5. The lowest BCUT2D eigenvalue weighted by atomic mass is 10.00. The van der Waals surface area contributed by atoms with E-state index in [4.69, 9.17) is 4.55 Å². The maximum absolute atomic E-state index is 10.5. The van der Waals surface area contributed by atoms with E-state index in [2.05, 4.69) is 30.3 Å². The van der Waals surface area contributed by atoms with Crippen molar-refractivity contribution in [3.8, 4) is 0 Å². The second kappa shape index (κ2) is 11.4. The van der Waals surface area contributed by atoms with Crippen molar-refractivity contribution >= 4 is 21.0 Å². The van der Waals surface area contributed by atoms with Crippen LogP contribution in [0.4, 0.5) is 0 Å². The minimum absolute atomic E-state index is 0.0666. The van der Waals surface area contributed by atoms with Crippen LogP contribution in [0.1, 0.15) is 69.8 Å². The minimum Gasteiger partial charge on any atom is -0.282 e. The Morgan fingerprint density at radius 1 is 0.733 bits per heavy atom. The highest BCUT2D eigenvalue weighted by atomic mass is 32.2. The molecule has 0 radical (unpaired) electrons. The molecular formula is C25H35O3S2+. The fraction of sp³-hybridized carbons (Fsp3) is 0.520. The summed E-state index contributed by atoms with van der Waals surface area (Å²) in [5.74, 6) is 0. The van der Waals surface area contributed by atoms with E-state index in [1.165, 1.54) is 76.3 Å². The van der Waals surface area contributed by atoms with E-state index in [1.54, 1.807) is 17.0 Å². The van der Waals surface area contributed by atoms with E-state index in [0.29, 0.717) is 10.9 Å². The van der Waals surface area contributed by atoms with Crippen molar-refractivity contribution in [1.29, 1.82) is 0 Å². The quantitative estimate of drug-likeness (QED) is 0.426. The van der Waals surface area contributed by atoms with Crippen molar-refractivity contribution in [2.24, 2.45) is 0 Å². The second-order valence-corrected chi connectivity index (χ2v) is 12.5. The van der Waals surface area contributed by atoms with Crippen LogP contribution >= 0.6 is 0 Å². The van der Waals surface area contributed by atoms with Crippen LogP contribution in [0.3, 0.4) is 0 Å². The molecule has 0 aromatic heterocycles. The summed E-state index contributed by atoms with van der Waals surface area (Å²) in [4.78, 5) is 1.60. The Kier molecular flexibility index (Phi) is 8.84. The van der Waals surface area contributed by atoms with Gasteiger partial charge in [-0.15, -0.1) is 0 Å². The SMILES string of the molecule is Cc1ccc(S(=O)(=O)O)cc1.c1ccc([S+](C2CCCCC2)C2CCCCC2)cc1. The molecule has 0 unspecified atom stereocenters. The molecule has 30 heavy (non-hydrogen) atoms. The molecular weight excluding hydrogens is 412 g/mol. The van der Waals surface area contributed by atoms with Gasteiger partial charge in [0.1, 0.15) is 10.5 Å². The summed E-state index contributed by atoms with van der Waals surface area (Å²) in [6.45, 7) is 1.84. The van der Waals surface area contributed by atoms with Crippen molar-refractivity contribution in [2.45, 2.75) is 91.4 Å². The monoisotopic (exact) mass is 447 g/mol. The zero-order chi connectivity index (χ0) is 21.4. The summed E-state index contributed by atoms with van der Waals surface area (Å²) in [6.07, 6.45) is 14.9. The van der Waals surface area contributed by atoms with Crippen LogP contribution in [0, 0.1) is 6.92 Å². The summed E-state index contributed by atoms with van der Waals surface area (Å²) in [5, 5.41) is 2.00. The van der Waals surface area contributed by atoms with E-state index in [9.17, 15) is 8.42 Å². The van der Waals surface area contributed by atoms with Gasteiger partial charge in [0, 0.05) is 10.9 Å². The van der Waals surface area contributed by atoms with Crippen LogP contribution in [0.25, 0.3) is 0 Å². The summed E-state index contributed by atoms with van der Waals surface area (Å²) < 4.78 is 29.6. The molecule has 0 heterocycles. The Labute approximate surface area is 185 Å². The number of benzene rings is 2. The van der Waals surface area contributed by atoms with E-state index in [0.717, 1.165) is 16.1 Å². The van der Waals surface area contributed by atoms with Gasteiger partial charge in [0.05, 0.1) is 4.90 Å². The predicted octanol–water partition coefficient (Wildman–Crippen LogP) is 6.57. The van der Waals surface area contributed by atoms with Crippen LogP contribution < -0.4 is 0 Å². The summed E-state index contributed by atoms with van der Waals surface area (Å²) in [7, 11) is -3.48. The highest BCUT2D eigenvalue weighted by Crippen LogP contribution is 2.38. The largest absolute Gasteiger partial charge is 0.294 e. The first-order chi connectivity index (χ1) is 14.4. The predicted molar refractivity (Wildman–Crippen MR) is 127 cm³/mol. The van der Waals surface area contributed by atoms with Gasteiger partial charge in [-0.25, -0.2) is 0 Å². The number of aryl methyl sites for hydroxylation is 1. The fourth-order valence-electron chi connectivity index (χ4n) is 4.58. The molecule has 5 heteroatoms. The molecule has 0 amide bonds. The van der Waals surface area contributed by atoms with Gasteiger partial charge in [-0.05, 0) is 82.6 Å². The number of rotatable bonds is 4. The van der Waals surface area contributed by atoms with Crippen LogP contribution in [0.5, 0.6) is 0 Å². The van der Waals surface area contributed by atoms with Crippen LogP contribution in [-0.4, -0.2) is 23.5 Å². The van der Waals surface area contributed by atoms with Crippen molar-refractivity contribution < 1.29 is 13.0 Å². The molecule has 0 saturated heterocycles. The first-order valence-electron chi connectivity index (χ1n) is 11.3. The molecule has 2 aromatic carbocycles. The second-order valence-electron chi connectivity index (χ2n) is 8.49. The third-order valence-corrected chi connectivity index (χ3v) is 10.2. The molecule has 2 saturated carbocycles. The third-order valence-electron chi connectivity index (χ3n) is 6.16. The van der Waals surface area contributed by atoms with E-state index >= 15 is 0 Å². The molecule has 2 aliphatic carbocycles. The van der Waals surface area contributed by atoms with Crippen LogP contribution in [-0.2, 0) is 21.0 Å². The fourth-order valence-corrected chi connectivity index (χ4v) is 8.53. The minimum atomic E-state index is -4.02. The van der Waals surface area contributed by atoms with Gasteiger partial charge >= 0.3 is 0 Å². The van der Waals surface area contributed by atoms with E-state index in [1.807, 2.05) is 6.92 Å². The highest BCUT2D eigenvalue weighted by Gasteiger charge is 2.41. The molecule has 0 atom stereocenters.